The first-order chi connectivity index (χ1) is 13.2. The summed E-state index contributed by atoms with van der Waals surface area (Å²) in [4.78, 5) is 34.2. The second-order valence-corrected chi connectivity index (χ2v) is 6.91. The Morgan fingerprint density at radius 3 is 2.96 bits per heavy atom. The number of pyridine rings is 1. The van der Waals surface area contributed by atoms with Crippen LogP contribution in [0.2, 0.25) is 0 Å². The first-order valence-electron chi connectivity index (χ1n) is 8.74. The Bertz CT molecular complexity index is 778. The van der Waals surface area contributed by atoms with Gasteiger partial charge in [0.25, 0.3) is 0 Å². The number of aromatic nitrogens is 2. The van der Waals surface area contributed by atoms with Gasteiger partial charge in [-0.1, -0.05) is 6.07 Å². The zero-order valence-electron chi connectivity index (χ0n) is 15.1. The van der Waals surface area contributed by atoms with Crippen LogP contribution in [0.4, 0.5) is 5.13 Å². The molecule has 2 amide bonds. The molecule has 9 heteroatoms. The highest BCUT2D eigenvalue weighted by atomic mass is 32.1. The van der Waals surface area contributed by atoms with E-state index >= 15 is 0 Å². The van der Waals surface area contributed by atoms with Crippen molar-refractivity contribution in [2.24, 2.45) is 0 Å². The molecule has 0 spiro atoms. The normalized spacial score (nSPS) is 13.8. The fourth-order valence-corrected chi connectivity index (χ4v) is 3.48. The van der Waals surface area contributed by atoms with E-state index in [0.717, 1.165) is 12.0 Å². The number of anilines is 1. The van der Waals surface area contributed by atoms with Crippen molar-refractivity contribution < 1.29 is 19.1 Å². The lowest BCUT2D eigenvalue weighted by molar-refractivity contribution is -0.120. The molecule has 1 aliphatic rings. The van der Waals surface area contributed by atoms with Crippen molar-refractivity contribution >= 4 is 28.3 Å². The maximum atomic E-state index is 12.1. The number of ether oxygens (including phenoxy) is 2. The summed E-state index contributed by atoms with van der Waals surface area (Å²) < 4.78 is 10.3. The third kappa shape index (κ3) is 5.48. The summed E-state index contributed by atoms with van der Waals surface area (Å²) in [6.45, 7) is 2.03. The maximum absolute atomic E-state index is 12.1. The Kier molecular flexibility index (Phi) is 6.72. The van der Waals surface area contributed by atoms with Crippen LogP contribution in [-0.4, -0.2) is 48.7 Å². The van der Waals surface area contributed by atoms with Crippen molar-refractivity contribution in [2.75, 3.05) is 31.8 Å². The number of nitrogens with one attached hydrogen (secondary N) is 1. The van der Waals surface area contributed by atoms with Crippen molar-refractivity contribution in [3.8, 4) is 5.88 Å². The Morgan fingerprint density at radius 1 is 1.37 bits per heavy atom. The van der Waals surface area contributed by atoms with Crippen LogP contribution in [0.3, 0.4) is 0 Å². The Balaban J connectivity index is 1.44. The van der Waals surface area contributed by atoms with Gasteiger partial charge in [-0.25, -0.2) is 9.97 Å². The van der Waals surface area contributed by atoms with Gasteiger partial charge in [0.15, 0.2) is 5.13 Å². The van der Waals surface area contributed by atoms with Gasteiger partial charge in [0, 0.05) is 44.3 Å². The summed E-state index contributed by atoms with van der Waals surface area (Å²) in [6.07, 6.45) is 3.28. The SMILES string of the molecule is COCCOc1ccc(CNC(=O)Cc2csc(N3CCCC3=O)n2)cn1. The predicted molar refractivity (Wildman–Crippen MR) is 101 cm³/mol. The number of hydrogen-bond donors (Lipinski definition) is 1. The van der Waals surface area contributed by atoms with Gasteiger partial charge in [0.2, 0.25) is 17.7 Å². The minimum absolute atomic E-state index is 0.0995. The summed E-state index contributed by atoms with van der Waals surface area (Å²) >= 11 is 1.40. The fourth-order valence-electron chi connectivity index (χ4n) is 2.61. The molecular weight excluding hydrogens is 368 g/mol. The number of amides is 2. The van der Waals surface area contributed by atoms with Crippen LogP contribution in [0.1, 0.15) is 24.1 Å². The zero-order chi connectivity index (χ0) is 19.1. The molecule has 1 N–H and O–H groups in total. The van der Waals surface area contributed by atoms with E-state index < -0.39 is 0 Å². The van der Waals surface area contributed by atoms with Crippen LogP contribution in [0, 0.1) is 0 Å². The summed E-state index contributed by atoms with van der Waals surface area (Å²) in [7, 11) is 1.61. The highest BCUT2D eigenvalue weighted by molar-refractivity contribution is 7.14. The van der Waals surface area contributed by atoms with Crippen LogP contribution in [-0.2, 0) is 27.3 Å². The van der Waals surface area contributed by atoms with E-state index in [1.54, 1.807) is 24.3 Å². The molecule has 2 aromatic heterocycles. The average molecular weight is 390 g/mol. The highest BCUT2D eigenvalue weighted by Crippen LogP contribution is 2.25. The molecule has 0 radical (unpaired) electrons. The number of hydrogen-bond acceptors (Lipinski definition) is 7. The van der Waals surface area contributed by atoms with E-state index in [4.69, 9.17) is 9.47 Å². The van der Waals surface area contributed by atoms with E-state index in [2.05, 4.69) is 15.3 Å². The third-order valence-corrected chi connectivity index (χ3v) is 4.92. The van der Waals surface area contributed by atoms with Crippen molar-refractivity contribution in [3.05, 3.63) is 35.0 Å². The number of carbonyl (C=O) groups excluding carboxylic acids is 2. The van der Waals surface area contributed by atoms with Crippen molar-refractivity contribution in [1.29, 1.82) is 0 Å². The molecule has 0 unspecified atom stereocenters. The molecule has 8 nitrogen and oxygen atoms in total. The first kappa shape index (κ1) is 19.2. The largest absolute Gasteiger partial charge is 0.475 e. The molecule has 0 aliphatic carbocycles. The monoisotopic (exact) mass is 390 g/mol. The Hall–Kier alpha value is -2.52. The van der Waals surface area contributed by atoms with Gasteiger partial charge >= 0.3 is 0 Å². The second kappa shape index (κ2) is 9.43. The van der Waals surface area contributed by atoms with E-state index in [1.165, 1.54) is 11.3 Å². The van der Waals surface area contributed by atoms with E-state index in [9.17, 15) is 9.59 Å². The van der Waals surface area contributed by atoms with Crippen LogP contribution in [0.25, 0.3) is 0 Å². The number of thiazole rings is 1. The lowest BCUT2D eigenvalue weighted by Crippen LogP contribution is -2.25. The summed E-state index contributed by atoms with van der Waals surface area (Å²) in [5.74, 6) is 0.496. The lowest BCUT2D eigenvalue weighted by Gasteiger charge is -2.10. The minimum Gasteiger partial charge on any atom is -0.475 e. The fraction of sp³-hybridized carbons (Fsp3) is 0.444. The molecule has 0 atom stereocenters. The molecule has 3 rings (SSSR count). The van der Waals surface area contributed by atoms with Crippen molar-refractivity contribution in [2.45, 2.75) is 25.8 Å². The van der Waals surface area contributed by atoms with Gasteiger partial charge in [0.05, 0.1) is 18.7 Å². The number of nitrogens with zero attached hydrogens (tertiary/aromatic N) is 3. The number of carbonyl (C=O) groups is 2. The van der Waals surface area contributed by atoms with Crippen LogP contribution >= 0.6 is 11.3 Å². The Labute approximate surface area is 161 Å². The second-order valence-electron chi connectivity index (χ2n) is 6.07. The first-order valence-corrected chi connectivity index (χ1v) is 9.62. The molecule has 2 aromatic rings. The lowest BCUT2D eigenvalue weighted by atomic mass is 10.2. The quantitative estimate of drug-likeness (QED) is 0.653. The maximum Gasteiger partial charge on any atom is 0.228 e. The molecular formula is C18H22N4O4S. The summed E-state index contributed by atoms with van der Waals surface area (Å²) in [5.41, 5.74) is 1.55. The van der Waals surface area contributed by atoms with Crippen LogP contribution < -0.4 is 15.0 Å². The van der Waals surface area contributed by atoms with Crippen molar-refractivity contribution in [1.82, 2.24) is 15.3 Å². The third-order valence-electron chi connectivity index (χ3n) is 4.01. The molecule has 1 aliphatic heterocycles. The molecule has 1 saturated heterocycles. The molecule has 0 aromatic carbocycles. The van der Waals surface area contributed by atoms with Gasteiger partial charge in [-0.3, -0.25) is 14.5 Å². The van der Waals surface area contributed by atoms with Crippen LogP contribution in [0.15, 0.2) is 23.7 Å². The standard InChI is InChI=1S/C18H22N4O4S/c1-25-7-8-26-16-5-4-13(11-20-16)10-19-15(23)9-14-12-27-18(21-14)22-6-2-3-17(22)24/h4-5,11-12H,2-3,6-10H2,1H3,(H,19,23). The smallest absolute Gasteiger partial charge is 0.228 e. The molecule has 1 fully saturated rings. The molecule has 27 heavy (non-hydrogen) atoms. The molecule has 0 bridgehead atoms. The van der Waals surface area contributed by atoms with Gasteiger partial charge in [-0.15, -0.1) is 11.3 Å². The van der Waals surface area contributed by atoms with E-state index in [-0.39, 0.29) is 18.2 Å². The van der Waals surface area contributed by atoms with Crippen LogP contribution in [0.5, 0.6) is 5.88 Å². The summed E-state index contributed by atoms with van der Waals surface area (Å²) in [5, 5.41) is 5.35. The van der Waals surface area contributed by atoms with Gasteiger partial charge in [0.1, 0.15) is 6.61 Å². The molecule has 0 saturated carbocycles. The van der Waals surface area contributed by atoms with Crippen molar-refractivity contribution in [3.63, 3.8) is 0 Å². The van der Waals surface area contributed by atoms with E-state index in [1.807, 2.05) is 11.4 Å². The van der Waals surface area contributed by atoms with Gasteiger partial charge in [-0.05, 0) is 12.0 Å². The molecule has 144 valence electrons. The minimum atomic E-state index is -0.125. The predicted octanol–water partition coefficient (Wildman–Crippen LogP) is 1.55. The average Bonchev–Trinajstić information content (AvgIpc) is 3.30. The Morgan fingerprint density at radius 2 is 2.26 bits per heavy atom. The zero-order valence-corrected chi connectivity index (χ0v) is 16.0. The topological polar surface area (TPSA) is 93.7 Å². The van der Waals surface area contributed by atoms with E-state index in [0.29, 0.717) is 49.4 Å². The highest BCUT2D eigenvalue weighted by Gasteiger charge is 2.24. The van der Waals surface area contributed by atoms with Gasteiger partial charge < -0.3 is 14.8 Å². The van der Waals surface area contributed by atoms with Gasteiger partial charge in [-0.2, -0.15) is 0 Å². The summed E-state index contributed by atoms with van der Waals surface area (Å²) in [6, 6.07) is 3.62. The molecule has 3 heterocycles. The number of rotatable bonds is 9. The number of methoxy groups -OCH3 is 1.